The standard InChI is InChI=1S/C16H23N3O6/c1-11(20)24-9-5-8-17-13-7-6-12(10-14(13)19(22)23)18-15(21)25-16(2,3)4/h6-7,10,17H,5,8-9H2,1-4H3,(H,18,21). The maximum absolute atomic E-state index is 11.7. The Balaban J connectivity index is 2.70. The maximum Gasteiger partial charge on any atom is 0.412 e. The van der Waals surface area contributed by atoms with Gasteiger partial charge in [0.1, 0.15) is 11.3 Å². The molecule has 25 heavy (non-hydrogen) atoms. The third kappa shape index (κ3) is 8.00. The molecular weight excluding hydrogens is 330 g/mol. The van der Waals surface area contributed by atoms with Crippen molar-refractivity contribution in [2.24, 2.45) is 0 Å². The molecule has 0 radical (unpaired) electrons. The fraction of sp³-hybridized carbons (Fsp3) is 0.500. The Bertz CT molecular complexity index is 639. The predicted molar refractivity (Wildman–Crippen MR) is 92.7 cm³/mol. The first-order valence-electron chi connectivity index (χ1n) is 7.74. The fourth-order valence-electron chi connectivity index (χ4n) is 1.84. The van der Waals surface area contributed by atoms with Gasteiger partial charge in [-0.25, -0.2) is 4.79 Å². The van der Waals surface area contributed by atoms with Crippen LogP contribution in [0.15, 0.2) is 18.2 Å². The topological polar surface area (TPSA) is 120 Å². The number of rotatable bonds is 7. The average molecular weight is 353 g/mol. The van der Waals surface area contributed by atoms with Crippen LogP contribution < -0.4 is 10.6 Å². The van der Waals surface area contributed by atoms with Crippen molar-refractivity contribution in [2.45, 2.75) is 39.7 Å². The van der Waals surface area contributed by atoms with Crippen molar-refractivity contribution < 1.29 is 24.0 Å². The van der Waals surface area contributed by atoms with Crippen LogP contribution in [0.5, 0.6) is 0 Å². The lowest BCUT2D eigenvalue weighted by molar-refractivity contribution is -0.383. The lowest BCUT2D eigenvalue weighted by Crippen LogP contribution is -2.27. The summed E-state index contributed by atoms with van der Waals surface area (Å²) in [6.45, 7) is 7.10. The predicted octanol–water partition coefficient (Wildman–Crippen LogP) is 3.31. The van der Waals surface area contributed by atoms with Gasteiger partial charge in [0.25, 0.3) is 5.69 Å². The summed E-state index contributed by atoms with van der Waals surface area (Å²) >= 11 is 0. The molecule has 138 valence electrons. The summed E-state index contributed by atoms with van der Waals surface area (Å²) < 4.78 is 9.89. The highest BCUT2D eigenvalue weighted by Gasteiger charge is 2.19. The molecule has 0 atom stereocenters. The number of nitrogens with zero attached hydrogens (tertiary/aromatic N) is 1. The van der Waals surface area contributed by atoms with Crippen LogP contribution in [0.3, 0.4) is 0 Å². The first-order valence-corrected chi connectivity index (χ1v) is 7.74. The van der Waals surface area contributed by atoms with Crippen molar-refractivity contribution in [2.75, 3.05) is 23.8 Å². The van der Waals surface area contributed by atoms with Crippen molar-refractivity contribution in [1.82, 2.24) is 0 Å². The van der Waals surface area contributed by atoms with Crippen LogP contribution in [0.2, 0.25) is 0 Å². The number of esters is 1. The van der Waals surface area contributed by atoms with Crippen molar-refractivity contribution in [3.8, 4) is 0 Å². The van der Waals surface area contributed by atoms with E-state index in [4.69, 9.17) is 9.47 Å². The second-order valence-electron chi connectivity index (χ2n) is 6.24. The van der Waals surface area contributed by atoms with Crippen LogP contribution in [0.1, 0.15) is 34.1 Å². The smallest absolute Gasteiger partial charge is 0.412 e. The number of nitro benzene ring substituents is 1. The summed E-state index contributed by atoms with van der Waals surface area (Å²) in [6.07, 6.45) is -0.182. The molecule has 0 aliphatic heterocycles. The Morgan fingerprint density at radius 1 is 1.28 bits per heavy atom. The third-order valence-corrected chi connectivity index (χ3v) is 2.78. The molecule has 2 N–H and O–H groups in total. The van der Waals surface area contributed by atoms with Crippen molar-refractivity contribution >= 4 is 29.1 Å². The molecular formula is C16H23N3O6. The summed E-state index contributed by atoms with van der Waals surface area (Å²) in [5.41, 5.74) is -0.283. The molecule has 0 heterocycles. The second kappa shape index (κ2) is 8.86. The van der Waals surface area contributed by atoms with E-state index in [2.05, 4.69) is 10.6 Å². The molecule has 0 fully saturated rings. The minimum atomic E-state index is -0.691. The summed E-state index contributed by atoms with van der Waals surface area (Å²) in [5, 5.41) is 16.6. The first kappa shape index (κ1) is 20.2. The van der Waals surface area contributed by atoms with Gasteiger partial charge in [-0.05, 0) is 39.3 Å². The van der Waals surface area contributed by atoms with E-state index in [1.54, 1.807) is 20.8 Å². The Hall–Kier alpha value is -2.84. The highest BCUT2D eigenvalue weighted by atomic mass is 16.6. The molecule has 0 spiro atoms. The van der Waals surface area contributed by atoms with Gasteiger partial charge < -0.3 is 14.8 Å². The van der Waals surface area contributed by atoms with Crippen LogP contribution >= 0.6 is 0 Å². The number of hydrogen-bond acceptors (Lipinski definition) is 7. The normalized spacial score (nSPS) is 10.7. The van der Waals surface area contributed by atoms with E-state index in [1.807, 2.05) is 0 Å². The highest BCUT2D eigenvalue weighted by molar-refractivity contribution is 5.86. The molecule has 1 aromatic carbocycles. The van der Waals surface area contributed by atoms with Gasteiger partial charge in [0, 0.05) is 19.5 Å². The summed E-state index contributed by atoms with van der Waals surface area (Å²) in [7, 11) is 0. The van der Waals surface area contributed by atoms with Crippen molar-refractivity contribution in [3.05, 3.63) is 28.3 Å². The van der Waals surface area contributed by atoms with Crippen LogP contribution in [-0.4, -0.2) is 35.7 Å². The molecule has 0 saturated carbocycles. The molecule has 9 heteroatoms. The third-order valence-electron chi connectivity index (χ3n) is 2.78. The van der Waals surface area contributed by atoms with Gasteiger partial charge in [-0.1, -0.05) is 0 Å². The molecule has 0 unspecified atom stereocenters. The van der Waals surface area contributed by atoms with Crippen LogP contribution in [0.4, 0.5) is 21.9 Å². The van der Waals surface area contributed by atoms with Gasteiger partial charge in [0.05, 0.1) is 17.2 Å². The van der Waals surface area contributed by atoms with E-state index >= 15 is 0 Å². The van der Waals surface area contributed by atoms with Gasteiger partial charge in [-0.3, -0.25) is 20.2 Å². The van der Waals surface area contributed by atoms with Crippen LogP contribution in [0, 0.1) is 10.1 Å². The highest BCUT2D eigenvalue weighted by Crippen LogP contribution is 2.28. The zero-order valence-corrected chi connectivity index (χ0v) is 14.8. The van der Waals surface area contributed by atoms with E-state index in [9.17, 15) is 19.7 Å². The minimum absolute atomic E-state index is 0.180. The molecule has 0 bridgehead atoms. The number of ether oxygens (including phenoxy) is 2. The number of carbonyl (C=O) groups excluding carboxylic acids is 2. The minimum Gasteiger partial charge on any atom is -0.466 e. The number of nitrogens with one attached hydrogen (secondary N) is 2. The molecule has 1 aromatic rings. The number of carbonyl (C=O) groups is 2. The maximum atomic E-state index is 11.7. The van der Waals surface area contributed by atoms with Gasteiger partial charge in [0.2, 0.25) is 0 Å². The zero-order chi connectivity index (χ0) is 19.0. The molecule has 0 aliphatic rings. The van der Waals surface area contributed by atoms with E-state index in [0.717, 1.165) is 0 Å². The van der Waals surface area contributed by atoms with E-state index < -0.39 is 16.6 Å². The van der Waals surface area contributed by atoms with Crippen molar-refractivity contribution in [1.29, 1.82) is 0 Å². The van der Waals surface area contributed by atoms with Crippen LogP contribution in [0.25, 0.3) is 0 Å². The Morgan fingerprint density at radius 2 is 1.96 bits per heavy atom. The number of benzene rings is 1. The lowest BCUT2D eigenvalue weighted by Gasteiger charge is -2.19. The molecule has 0 saturated heterocycles. The fourth-order valence-corrected chi connectivity index (χ4v) is 1.84. The Kier molecular flexibility index (Phi) is 7.16. The molecule has 0 aromatic heterocycles. The summed E-state index contributed by atoms with van der Waals surface area (Å²) in [6, 6.07) is 4.28. The Morgan fingerprint density at radius 3 is 2.52 bits per heavy atom. The van der Waals surface area contributed by atoms with Gasteiger partial charge >= 0.3 is 12.1 Å². The zero-order valence-electron chi connectivity index (χ0n) is 14.8. The number of anilines is 2. The average Bonchev–Trinajstić information content (AvgIpc) is 2.45. The number of nitro groups is 1. The molecule has 9 nitrogen and oxygen atoms in total. The van der Waals surface area contributed by atoms with Gasteiger partial charge in [-0.2, -0.15) is 0 Å². The van der Waals surface area contributed by atoms with E-state index in [0.29, 0.717) is 18.7 Å². The first-order chi connectivity index (χ1) is 11.6. The quantitative estimate of drug-likeness (QED) is 0.334. The molecule has 1 rings (SSSR count). The molecule has 1 amide bonds. The second-order valence-corrected chi connectivity index (χ2v) is 6.24. The monoisotopic (exact) mass is 353 g/mol. The van der Waals surface area contributed by atoms with Gasteiger partial charge in [0.15, 0.2) is 0 Å². The number of hydrogen-bond donors (Lipinski definition) is 2. The van der Waals surface area contributed by atoms with E-state index in [1.165, 1.54) is 25.1 Å². The summed E-state index contributed by atoms with van der Waals surface area (Å²) in [4.78, 5) is 33.1. The SMILES string of the molecule is CC(=O)OCCCNc1ccc(NC(=O)OC(C)(C)C)cc1[N+](=O)[O-]. The lowest BCUT2D eigenvalue weighted by atomic mass is 10.2. The van der Waals surface area contributed by atoms with Crippen molar-refractivity contribution in [3.63, 3.8) is 0 Å². The Labute approximate surface area is 145 Å². The molecule has 0 aliphatic carbocycles. The van der Waals surface area contributed by atoms with Crippen LogP contribution in [-0.2, 0) is 14.3 Å². The number of amides is 1. The van der Waals surface area contributed by atoms with Gasteiger partial charge in [-0.15, -0.1) is 0 Å². The largest absolute Gasteiger partial charge is 0.466 e. The van der Waals surface area contributed by atoms with E-state index in [-0.39, 0.29) is 24.0 Å². The summed E-state index contributed by atoms with van der Waals surface area (Å²) in [5.74, 6) is -0.372.